The van der Waals surface area contributed by atoms with Gasteiger partial charge in [-0.05, 0) is 12.5 Å². The SMILES string of the molecule is Cc1cccc(COC(=O)N2CCO[C@H](c3nc4cncnc4[nH]3)C2)c1F. The van der Waals surface area contributed by atoms with Gasteiger partial charge in [0.2, 0.25) is 0 Å². The van der Waals surface area contributed by atoms with Crippen molar-refractivity contribution in [3.8, 4) is 0 Å². The van der Waals surface area contributed by atoms with Crippen LogP contribution in [0.25, 0.3) is 11.2 Å². The zero-order valence-electron chi connectivity index (χ0n) is 14.7. The van der Waals surface area contributed by atoms with Crippen LogP contribution >= 0.6 is 0 Å². The Hall–Kier alpha value is -3.07. The van der Waals surface area contributed by atoms with Gasteiger partial charge < -0.3 is 19.4 Å². The molecule has 0 unspecified atom stereocenters. The minimum absolute atomic E-state index is 0.116. The summed E-state index contributed by atoms with van der Waals surface area (Å²) in [6.07, 6.45) is 2.10. The number of nitrogens with one attached hydrogen (secondary N) is 1. The van der Waals surface area contributed by atoms with Gasteiger partial charge in [0.05, 0.1) is 19.3 Å². The highest BCUT2D eigenvalue weighted by molar-refractivity contribution is 5.69. The van der Waals surface area contributed by atoms with Gasteiger partial charge in [-0.25, -0.2) is 24.1 Å². The van der Waals surface area contributed by atoms with Gasteiger partial charge in [-0.2, -0.15) is 0 Å². The summed E-state index contributed by atoms with van der Waals surface area (Å²) < 4.78 is 25.0. The topological polar surface area (TPSA) is 93.2 Å². The van der Waals surface area contributed by atoms with E-state index >= 15 is 0 Å². The van der Waals surface area contributed by atoms with Gasteiger partial charge >= 0.3 is 6.09 Å². The number of nitrogens with zero attached hydrogens (tertiary/aromatic N) is 4. The molecule has 1 atom stereocenters. The van der Waals surface area contributed by atoms with Crippen LogP contribution in [0.5, 0.6) is 0 Å². The lowest BCUT2D eigenvalue weighted by atomic mass is 10.1. The van der Waals surface area contributed by atoms with Gasteiger partial charge in [0.25, 0.3) is 0 Å². The quantitative estimate of drug-likeness (QED) is 0.760. The number of rotatable bonds is 3. The van der Waals surface area contributed by atoms with E-state index in [1.807, 2.05) is 0 Å². The number of fused-ring (bicyclic) bond motifs is 1. The maximum atomic E-state index is 14.0. The number of imidazole rings is 1. The minimum atomic E-state index is -0.514. The number of hydrogen-bond donors (Lipinski definition) is 1. The first kappa shape index (κ1) is 17.3. The fourth-order valence-electron chi connectivity index (χ4n) is 2.96. The second-order valence-corrected chi connectivity index (χ2v) is 6.29. The third-order valence-corrected chi connectivity index (χ3v) is 4.43. The molecule has 8 nitrogen and oxygen atoms in total. The summed E-state index contributed by atoms with van der Waals surface area (Å²) in [6, 6.07) is 5.01. The lowest BCUT2D eigenvalue weighted by Gasteiger charge is -2.31. The molecule has 1 aromatic carbocycles. The molecule has 0 radical (unpaired) electrons. The largest absolute Gasteiger partial charge is 0.444 e. The predicted octanol–water partition coefficient (Wildman–Crippen LogP) is 2.51. The number of aromatic amines is 1. The van der Waals surface area contributed by atoms with E-state index in [1.54, 1.807) is 31.3 Å². The maximum Gasteiger partial charge on any atom is 0.410 e. The van der Waals surface area contributed by atoms with E-state index in [1.165, 1.54) is 11.2 Å². The molecule has 0 aliphatic carbocycles. The summed E-state index contributed by atoms with van der Waals surface area (Å²) in [5.41, 5.74) is 2.11. The number of aromatic nitrogens is 4. The van der Waals surface area contributed by atoms with Crippen LogP contribution in [0.3, 0.4) is 0 Å². The third kappa shape index (κ3) is 3.59. The Bertz CT molecular complexity index is 944. The number of H-pyrrole nitrogens is 1. The Morgan fingerprint density at radius 1 is 1.48 bits per heavy atom. The van der Waals surface area contributed by atoms with Crippen molar-refractivity contribution in [1.29, 1.82) is 0 Å². The molecule has 1 amide bonds. The molecular formula is C18H18FN5O3. The number of benzene rings is 1. The molecule has 4 rings (SSSR count). The number of carbonyl (C=O) groups is 1. The highest BCUT2D eigenvalue weighted by atomic mass is 19.1. The molecule has 140 valence electrons. The molecule has 1 aliphatic rings. The molecular weight excluding hydrogens is 353 g/mol. The average molecular weight is 371 g/mol. The van der Waals surface area contributed by atoms with Crippen LogP contribution in [0.1, 0.15) is 23.1 Å². The molecule has 3 aromatic rings. The Balaban J connectivity index is 1.41. The normalized spacial score (nSPS) is 17.3. The van der Waals surface area contributed by atoms with Gasteiger partial charge in [-0.3, -0.25) is 0 Å². The Morgan fingerprint density at radius 3 is 3.22 bits per heavy atom. The predicted molar refractivity (Wildman–Crippen MR) is 93.3 cm³/mol. The van der Waals surface area contributed by atoms with E-state index in [-0.39, 0.29) is 19.0 Å². The molecule has 27 heavy (non-hydrogen) atoms. The first-order valence-electron chi connectivity index (χ1n) is 8.54. The standard InChI is InChI=1S/C18H18FN5O3/c1-11-3-2-4-12(15(11)19)9-27-18(25)24-5-6-26-14(8-24)17-22-13-7-20-10-21-16(13)23-17/h2-4,7,10,14H,5-6,8-9H2,1H3,(H,20,21,22,23)/t14-/m0/s1. The highest BCUT2D eigenvalue weighted by Gasteiger charge is 2.28. The zero-order valence-corrected chi connectivity index (χ0v) is 14.7. The Morgan fingerprint density at radius 2 is 2.37 bits per heavy atom. The van der Waals surface area contributed by atoms with E-state index in [0.717, 1.165) is 0 Å². The van der Waals surface area contributed by atoms with Crippen LogP contribution in [0.15, 0.2) is 30.7 Å². The lowest BCUT2D eigenvalue weighted by Crippen LogP contribution is -2.42. The monoisotopic (exact) mass is 371 g/mol. The first-order chi connectivity index (χ1) is 13.1. The van der Waals surface area contributed by atoms with Crippen molar-refractivity contribution in [2.75, 3.05) is 19.7 Å². The number of ether oxygens (including phenoxy) is 2. The van der Waals surface area contributed by atoms with Crippen LogP contribution in [0, 0.1) is 12.7 Å². The van der Waals surface area contributed by atoms with Crippen molar-refractivity contribution in [3.63, 3.8) is 0 Å². The van der Waals surface area contributed by atoms with Crippen LogP contribution in [0.4, 0.5) is 9.18 Å². The summed E-state index contributed by atoms with van der Waals surface area (Å²) in [4.78, 5) is 29.4. The van der Waals surface area contributed by atoms with Crippen LogP contribution < -0.4 is 0 Å². The Kier molecular flexibility index (Phi) is 4.68. The van der Waals surface area contributed by atoms with Crippen molar-refractivity contribution in [2.24, 2.45) is 0 Å². The fourth-order valence-corrected chi connectivity index (χ4v) is 2.96. The van der Waals surface area contributed by atoms with Gasteiger partial charge in [0.1, 0.15) is 36.2 Å². The lowest BCUT2D eigenvalue weighted by molar-refractivity contribution is -0.0331. The van der Waals surface area contributed by atoms with E-state index in [0.29, 0.717) is 41.3 Å². The minimum Gasteiger partial charge on any atom is -0.444 e. The summed E-state index contributed by atoms with van der Waals surface area (Å²) in [6.45, 7) is 2.58. The van der Waals surface area contributed by atoms with Crippen molar-refractivity contribution in [2.45, 2.75) is 19.6 Å². The zero-order chi connectivity index (χ0) is 18.8. The van der Waals surface area contributed by atoms with Crippen LogP contribution in [-0.2, 0) is 16.1 Å². The molecule has 3 heterocycles. The molecule has 0 spiro atoms. The molecule has 1 aliphatic heterocycles. The summed E-state index contributed by atoms with van der Waals surface area (Å²) in [5, 5.41) is 0. The number of carbonyl (C=O) groups excluding carboxylic acids is 1. The van der Waals surface area contributed by atoms with E-state index in [4.69, 9.17) is 9.47 Å². The summed E-state index contributed by atoms with van der Waals surface area (Å²) >= 11 is 0. The third-order valence-electron chi connectivity index (χ3n) is 4.43. The number of hydrogen-bond acceptors (Lipinski definition) is 6. The fraction of sp³-hybridized carbons (Fsp3) is 0.333. The molecule has 9 heteroatoms. The highest BCUT2D eigenvalue weighted by Crippen LogP contribution is 2.22. The number of amides is 1. The van der Waals surface area contributed by atoms with Gasteiger partial charge in [0, 0.05) is 12.1 Å². The van der Waals surface area contributed by atoms with Crippen molar-refractivity contribution < 1.29 is 18.7 Å². The number of aryl methyl sites for hydroxylation is 1. The second kappa shape index (κ2) is 7.28. The van der Waals surface area contributed by atoms with Gasteiger partial charge in [-0.15, -0.1) is 0 Å². The van der Waals surface area contributed by atoms with Gasteiger partial charge in [0.15, 0.2) is 5.65 Å². The molecule has 2 aromatic heterocycles. The Labute approximate surface area is 154 Å². The molecule has 0 bridgehead atoms. The van der Waals surface area contributed by atoms with E-state index in [9.17, 15) is 9.18 Å². The van der Waals surface area contributed by atoms with Crippen molar-refractivity contribution >= 4 is 17.3 Å². The smallest absolute Gasteiger partial charge is 0.410 e. The van der Waals surface area contributed by atoms with Crippen molar-refractivity contribution in [1.82, 2.24) is 24.8 Å². The number of halogens is 1. The van der Waals surface area contributed by atoms with Crippen molar-refractivity contribution in [3.05, 3.63) is 53.5 Å². The summed E-state index contributed by atoms with van der Waals surface area (Å²) in [7, 11) is 0. The first-order valence-corrected chi connectivity index (χ1v) is 8.54. The van der Waals surface area contributed by atoms with E-state index < -0.39 is 12.2 Å². The molecule has 0 saturated carbocycles. The van der Waals surface area contributed by atoms with Gasteiger partial charge in [-0.1, -0.05) is 18.2 Å². The number of morpholine rings is 1. The molecule has 1 saturated heterocycles. The van der Waals surface area contributed by atoms with E-state index in [2.05, 4.69) is 19.9 Å². The average Bonchev–Trinajstić information content (AvgIpc) is 3.13. The van der Waals surface area contributed by atoms with Crippen LogP contribution in [0.2, 0.25) is 0 Å². The molecule has 1 N–H and O–H groups in total. The molecule has 1 fully saturated rings. The van der Waals surface area contributed by atoms with Crippen LogP contribution in [-0.4, -0.2) is 50.6 Å². The summed E-state index contributed by atoms with van der Waals surface area (Å²) in [5.74, 6) is 0.223. The second-order valence-electron chi connectivity index (χ2n) is 6.29. The maximum absolute atomic E-state index is 14.0.